The van der Waals surface area contributed by atoms with E-state index < -0.39 is 18.2 Å². The SMILES string of the molecule is CC(N)CNC(=O)O.O=C(O)C(F)(F)F. The van der Waals surface area contributed by atoms with Gasteiger partial charge in [-0.1, -0.05) is 0 Å². The van der Waals surface area contributed by atoms with Gasteiger partial charge in [0.2, 0.25) is 0 Å². The average molecular weight is 232 g/mol. The molecule has 1 amide bonds. The highest BCUT2D eigenvalue weighted by Gasteiger charge is 2.38. The minimum atomic E-state index is -5.08. The fourth-order valence-corrected chi connectivity index (χ4v) is 0.248. The molecule has 0 aliphatic rings. The van der Waals surface area contributed by atoms with Crippen molar-refractivity contribution in [2.45, 2.75) is 19.1 Å². The smallest absolute Gasteiger partial charge is 0.475 e. The first kappa shape index (κ1) is 15.9. The van der Waals surface area contributed by atoms with Gasteiger partial charge in [-0.2, -0.15) is 13.2 Å². The molecule has 0 radical (unpaired) electrons. The van der Waals surface area contributed by atoms with Crippen LogP contribution in [0.2, 0.25) is 0 Å². The van der Waals surface area contributed by atoms with E-state index in [0.717, 1.165) is 0 Å². The van der Waals surface area contributed by atoms with Crippen LogP contribution in [0.1, 0.15) is 6.92 Å². The summed E-state index contributed by atoms with van der Waals surface area (Å²) in [5, 5.41) is 17.3. The Labute approximate surface area is 82.9 Å². The number of hydrogen-bond donors (Lipinski definition) is 4. The van der Waals surface area contributed by atoms with Crippen molar-refractivity contribution < 1.29 is 33.0 Å². The maximum atomic E-state index is 10.6. The molecule has 15 heavy (non-hydrogen) atoms. The molecule has 0 heterocycles. The standard InChI is InChI=1S/C4H10N2O2.C2HF3O2/c1-3(5)2-6-4(7)8;3-2(4,5)1(6)7/h3,6H,2,5H2,1H3,(H,7,8);(H,6,7). The van der Waals surface area contributed by atoms with Crippen LogP contribution in [-0.2, 0) is 4.79 Å². The fraction of sp³-hybridized carbons (Fsp3) is 0.667. The van der Waals surface area contributed by atoms with Crippen molar-refractivity contribution in [2.24, 2.45) is 5.73 Å². The zero-order chi connectivity index (χ0) is 12.6. The molecule has 6 nitrogen and oxygen atoms in total. The second-order valence-corrected chi connectivity index (χ2v) is 2.47. The molecule has 0 aliphatic heterocycles. The largest absolute Gasteiger partial charge is 0.490 e. The number of aliphatic carboxylic acids is 1. The monoisotopic (exact) mass is 232 g/mol. The van der Waals surface area contributed by atoms with Crippen molar-refractivity contribution in [1.29, 1.82) is 0 Å². The lowest BCUT2D eigenvalue weighted by atomic mass is 10.4. The molecule has 90 valence electrons. The molecule has 0 aliphatic carbocycles. The summed E-state index contributed by atoms with van der Waals surface area (Å²) in [4.78, 5) is 18.6. The van der Waals surface area contributed by atoms with Crippen molar-refractivity contribution in [3.63, 3.8) is 0 Å². The Morgan fingerprint density at radius 1 is 1.40 bits per heavy atom. The van der Waals surface area contributed by atoms with E-state index in [1.165, 1.54) is 0 Å². The van der Waals surface area contributed by atoms with Gasteiger partial charge in [-0.15, -0.1) is 0 Å². The maximum Gasteiger partial charge on any atom is 0.490 e. The van der Waals surface area contributed by atoms with Gasteiger partial charge in [0.15, 0.2) is 0 Å². The van der Waals surface area contributed by atoms with Gasteiger partial charge in [0.25, 0.3) is 0 Å². The first-order chi connectivity index (χ1) is 6.57. The molecule has 0 aromatic heterocycles. The van der Waals surface area contributed by atoms with E-state index in [9.17, 15) is 18.0 Å². The molecule has 1 unspecified atom stereocenters. The van der Waals surface area contributed by atoms with Crippen LogP contribution in [0.25, 0.3) is 0 Å². The van der Waals surface area contributed by atoms with E-state index in [1.807, 2.05) is 0 Å². The first-order valence-electron chi connectivity index (χ1n) is 3.59. The number of rotatable bonds is 2. The van der Waals surface area contributed by atoms with E-state index in [-0.39, 0.29) is 6.04 Å². The summed E-state index contributed by atoms with van der Waals surface area (Å²) in [6.07, 6.45) is -6.11. The quantitative estimate of drug-likeness (QED) is 0.544. The van der Waals surface area contributed by atoms with Crippen molar-refractivity contribution in [2.75, 3.05) is 6.54 Å². The molecule has 0 saturated heterocycles. The van der Waals surface area contributed by atoms with Crippen molar-refractivity contribution in [3.8, 4) is 0 Å². The Hall–Kier alpha value is -1.51. The predicted octanol–water partition coefficient (Wildman–Crippen LogP) is 0.234. The van der Waals surface area contributed by atoms with Crippen molar-refractivity contribution in [1.82, 2.24) is 5.32 Å². The van der Waals surface area contributed by atoms with Gasteiger partial charge < -0.3 is 21.3 Å². The van der Waals surface area contributed by atoms with Gasteiger partial charge in [-0.05, 0) is 6.92 Å². The third kappa shape index (κ3) is 15.3. The summed E-state index contributed by atoms with van der Waals surface area (Å²) in [7, 11) is 0. The van der Waals surface area contributed by atoms with E-state index >= 15 is 0 Å². The van der Waals surface area contributed by atoms with E-state index in [4.69, 9.17) is 20.7 Å². The molecule has 0 spiro atoms. The Kier molecular flexibility index (Phi) is 7.30. The number of carboxylic acids is 1. The Morgan fingerprint density at radius 3 is 1.80 bits per heavy atom. The zero-order valence-corrected chi connectivity index (χ0v) is 7.71. The van der Waals surface area contributed by atoms with Crippen LogP contribution in [0.5, 0.6) is 0 Å². The van der Waals surface area contributed by atoms with Crippen molar-refractivity contribution >= 4 is 12.1 Å². The molecular weight excluding hydrogens is 221 g/mol. The molecule has 0 aromatic rings. The maximum absolute atomic E-state index is 10.6. The van der Waals surface area contributed by atoms with Crippen LogP contribution in [0.3, 0.4) is 0 Å². The number of carboxylic acid groups (broad SMARTS) is 2. The highest BCUT2D eigenvalue weighted by atomic mass is 19.4. The van der Waals surface area contributed by atoms with Crippen LogP contribution in [0.4, 0.5) is 18.0 Å². The first-order valence-corrected chi connectivity index (χ1v) is 3.59. The molecule has 0 fully saturated rings. The lowest BCUT2D eigenvalue weighted by molar-refractivity contribution is -0.192. The van der Waals surface area contributed by atoms with E-state index in [0.29, 0.717) is 6.54 Å². The highest BCUT2D eigenvalue weighted by Crippen LogP contribution is 2.13. The van der Waals surface area contributed by atoms with Crippen LogP contribution >= 0.6 is 0 Å². The lowest BCUT2D eigenvalue weighted by Crippen LogP contribution is -2.34. The average Bonchev–Trinajstić information content (AvgIpc) is 2.00. The molecule has 5 N–H and O–H groups in total. The molecule has 0 bridgehead atoms. The zero-order valence-electron chi connectivity index (χ0n) is 7.71. The van der Waals surface area contributed by atoms with E-state index in [2.05, 4.69) is 5.32 Å². The third-order valence-electron chi connectivity index (χ3n) is 0.818. The van der Waals surface area contributed by atoms with Gasteiger partial charge in [0.05, 0.1) is 0 Å². The van der Waals surface area contributed by atoms with Gasteiger partial charge in [-0.25, -0.2) is 9.59 Å². The van der Waals surface area contributed by atoms with E-state index in [1.54, 1.807) is 6.92 Å². The van der Waals surface area contributed by atoms with Gasteiger partial charge >= 0.3 is 18.2 Å². The number of halogens is 3. The number of carbonyl (C=O) groups is 2. The van der Waals surface area contributed by atoms with Gasteiger partial charge in [-0.3, -0.25) is 0 Å². The summed E-state index contributed by atoms with van der Waals surface area (Å²) in [6, 6.07) is -0.105. The normalized spacial score (nSPS) is 12.1. The highest BCUT2D eigenvalue weighted by molar-refractivity contribution is 5.73. The number of amides is 1. The second-order valence-electron chi connectivity index (χ2n) is 2.47. The Morgan fingerprint density at radius 2 is 1.73 bits per heavy atom. The van der Waals surface area contributed by atoms with Crippen LogP contribution in [-0.4, -0.2) is 41.0 Å². The van der Waals surface area contributed by atoms with Crippen LogP contribution < -0.4 is 11.1 Å². The number of hydrogen-bond acceptors (Lipinski definition) is 3. The molecule has 0 aromatic carbocycles. The van der Waals surface area contributed by atoms with Crippen molar-refractivity contribution in [3.05, 3.63) is 0 Å². The lowest BCUT2D eigenvalue weighted by Gasteiger charge is -2.01. The second kappa shape index (κ2) is 6.87. The number of alkyl halides is 3. The minimum Gasteiger partial charge on any atom is -0.475 e. The molecule has 0 rings (SSSR count). The topological polar surface area (TPSA) is 113 Å². The summed E-state index contributed by atoms with van der Waals surface area (Å²) in [5.74, 6) is -2.76. The summed E-state index contributed by atoms with van der Waals surface area (Å²) in [5.41, 5.74) is 5.21. The molecule has 9 heteroatoms. The van der Waals surface area contributed by atoms with Gasteiger partial charge in [0, 0.05) is 12.6 Å². The summed E-state index contributed by atoms with van der Waals surface area (Å²) >= 11 is 0. The Balaban J connectivity index is 0. The predicted molar refractivity (Wildman–Crippen MR) is 43.4 cm³/mol. The number of nitrogens with one attached hydrogen (secondary N) is 1. The van der Waals surface area contributed by atoms with Crippen LogP contribution in [0.15, 0.2) is 0 Å². The summed E-state index contributed by atoms with van der Waals surface area (Å²) < 4.78 is 31.7. The Bertz CT molecular complexity index is 217. The third-order valence-corrected chi connectivity index (χ3v) is 0.818. The summed E-state index contributed by atoms with van der Waals surface area (Å²) in [6.45, 7) is 2.05. The minimum absolute atomic E-state index is 0.105. The number of nitrogens with two attached hydrogens (primary N) is 1. The molecule has 1 atom stereocenters. The van der Waals surface area contributed by atoms with Gasteiger partial charge in [0.1, 0.15) is 0 Å². The fourth-order valence-electron chi connectivity index (χ4n) is 0.248. The molecule has 0 saturated carbocycles. The molecular formula is C6H11F3N2O4. The van der Waals surface area contributed by atoms with Crippen LogP contribution in [0, 0.1) is 0 Å².